The highest BCUT2D eigenvalue weighted by Crippen LogP contribution is 2.36. The maximum Gasteiger partial charge on any atom is 0.132 e. The SMILES string of the molecule is CC(C)c1nc(-c2ccccc2Cl)c(N)n1C(C)(C)C. The summed E-state index contributed by atoms with van der Waals surface area (Å²) in [6.07, 6.45) is 0. The van der Waals surface area contributed by atoms with Gasteiger partial charge in [-0.1, -0.05) is 43.6 Å². The van der Waals surface area contributed by atoms with Gasteiger partial charge in [-0.15, -0.1) is 0 Å². The summed E-state index contributed by atoms with van der Waals surface area (Å²) in [5.41, 5.74) is 7.91. The normalized spacial score (nSPS) is 12.2. The van der Waals surface area contributed by atoms with Crippen molar-refractivity contribution < 1.29 is 0 Å². The molecule has 1 aromatic heterocycles. The van der Waals surface area contributed by atoms with E-state index in [1.54, 1.807) is 0 Å². The zero-order valence-corrected chi connectivity index (χ0v) is 13.5. The first-order valence-corrected chi connectivity index (χ1v) is 7.24. The lowest BCUT2D eigenvalue weighted by atomic mass is 10.1. The molecule has 0 atom stereocenters. The van der Waals surface area contributed by atoms with E-state index in [0.717, 1.165) is 17.1 Å². The monoisotopic (exact) mass is 291 g/mol. The molecule has 0 radical (unpaired) electrons. The Labute approximate surface area is 125 Å². The van der Waals surface area contributed by atoms with E-state index in [0.29, 0.717) is 16.8 Å². The molecule has 0 saturated heterocycles. The fourth-order valence-electron chi connectivity index (χ4n) is 2.39. The molecule has 0 unspecified atom stereocenters. The summed E-state index contributed by atoms with van der Waals surface area (Å²) in [6.45, 7) is 10.6. The molecule has 4 heteroatoms. The molecule has 2 rings (SSSR count). The molecule has 0 saturated carbocycles. The topological polar surface area (TPSA) is 43.8 Å². The zero-order valence-electron chi connectivity index (χ0n) is 12.7. The van der Waals surface area contributed by atoms with E-state index in [4.69, 9.17) is 22.3 Å². The summed E-state index contributed by atoms with van der Waals surface area (Å²) in [5.74, 6) is 1.96. The van der Waals surface area contributed by atoms with Gasteiger partial charge in [-0.25, -0.2) is 4.98 Å². The molecule has 3 nitrogen and oxygen atoms in total. The Balaban J connectivity index is 2.72. The van der Waals surface area contributed by atoms with Crippen molar-refractivity contribution in [3.63, 3.8) is 0 Å². The Hall–Kier alpha value is -1.48. The van der Waals surface area contributed by atoms with Gasteiger partial charge in [0.05, 0.1) is 5.02 Å². The summed E-state index contributed by atoms with van der Waals surface area (Å²) in [7, 11) is 0. The standard InChI is InChI=1S/C16H22ClN3/c1-10(2)15-19-13(11-8-6-7-9-12(11)17)14(18)20(15)16(3,4)5/h6-10H,18H2,1-5H3. The number of nitrogens with two attached hydrogens (primary N) is 1. The van der Waals surface area contributed by atoms with E-state index >= 15 is 0 Å². The number of rotatable bonds is 2. The summed E-state index contributed by atoms with van der Waals surface area (Å²) >= 11 is 6.28. The second kappa shape index (κ2) is 5.13. The number of hydrogen-bond donors (Lipinski definition) is 1. The highest BCUT2D eigenvalue weighted by atomic mass is 35.5. The van der Waals surface area contributed by atoms with Gasteiger partial charge in [0.2, 0.25) is 0 Å². The quantitative estimate of drug-likeness (QED) is 0.874. The fourth-order valence-corrected chi connectivity index (χ4v) is 2.62. The van der Waals surface area contributed by atoms with Crippen molar-refractivity contribution in [2.45, 2.75) is 46.1 Å². The van der Waals surface area contributed by atoms with E-state index in [-0.39, 0.29) is 5.54 Å². The van der Waals surface area contributed by atoms with Crippen LogP contribution in [0.3, 0.4) is 0 Å². The van der Waals surface area contributed by atoms with Gasteiger partial charge in [0.15, 0.2) is 0 Å². The number of aromatic nitrogens is 2. The van der Waals surface area contributed by atoms with Crippen molar-refractivity contribution in [2.24, 2.45) is 0 Å². The molecule has 0 aliphatic carbocycles. The third kappa shape index (κ3) is 2.55. The molecule has 0 aliphatic heterocycles. The minimum Gasteiger partial charge on any atom is -0.383 e. The number of nitrogen functional groups attached to an aromatic ring is 1. The van der Waals surface area contributed by atoms with Gasteiger partial charge in [-0.3, -0.25) is 0 Å². The first-order chi connectivity index (χ1) is 9.23. The number of nitrogens with zero attached hydrogens (tertiary/aromatic N) is 2. The van der Waals surface area contributed by atoms with Crippen molar-refractivity contribution in [3.8, 4) is 11.3 Å². The van der Waals surface area contributed by atoms with Gasteiger partial charge in [-0.05, 0) is 26.8 Å². The Bertz CT molecular complexity index is 621. The summed E-state index contributed by atoms with van der Waals surface area (Å²) < 4.78 is 2.11. The summed E-state index contributed by atoms with van der Waals surface area (Å²) in [6, 6.07) is 7.68. The van der Waals surface area contributed by atoms with Gasteiger partial charge in [0.1, 0.15) is 17.3 Å². The zero-order chi connectivity index (χ0) is 15.1. The van der Waals surface area contributed by atoms with Crippen LogP contribution in [0, 0.1) is 0 Å². The number of hydrogen-bond acceptors (Lipinski definition) is 2. The molecule has 108 valence electrons. The molecule has 0 bridgehead atoms. The van der Waals surface area contributed by atoms with Gasteiger partial charge in [-0.2, -0.15) is 0 Å². The average Bonchev–Trinajstić information content (AvgIpc) is 2.67. The van der Waals surface area contributed by atoms with E-state index in [9.17, 15) is 0 Å². The van der Waals surface area contributed by atoms with E-state index < -0.39 is 0 Å². The van der Waals surface area contributed by atoms with E-state index in [1.165, 1.54) is 0 Å². The van der Waals surface area contributed by atoms with Crippen molar-refractivity contribution in [2.75, 3.05) is 5.73 Å². The molecular formula is C16H22ClN3. The molecule has 2 aromatic rings. The molecule has 2 N–H and O–H groups in total. The molecule has 0 amide bonds. The lowest BCUT2D eigenvalue weighted by Crippen LogP contribution is -2.26. The van der Waals surface area contributed by atoms with Crippen LogP contribution in [0.2, 0.25) is 5.02 Å². The van der Waals surface area contributed by atoms with E-state index in [1.807, 2.05) is 24.3 Å². The molecule has 1 heterocycles. The van der Waals surface area contributed by atoms with Crippen LogP contribution < -0.4 is 5.73 Å². The largest absolute Gasteiger partial charge is 0.383 e. The minimum absolute atomic E-state index is 0.115. The third-order valence-corrected chi connectivity index (χ3v) is 3.58. The van der Waals surface area contributed by atoms with Crippen LogP contribution in [0.1, 0.15) is 46.4 Å². The van der Waals surface area contributed by atoms with E-state index in [2.05, 4.69) is 39.2 Å². The number of benzene rings is 1. The summed E-state index contributed by atoms with van der Waals surface area (Å²) in [5, 5.41) is 0.674. The first-order valence-electron chi connectivity index (χ1n) is 6.87. The van der Waals surface area contributed by atoms with Crippen LogP contribution in [-0.4, -0.2) is 9.55 Å². The lowest BCUT2D eigenvalue weighted by molar-refractivity contribution is 0.382. The Kier molecular flexibility index (Phi) is 3.83. The molecule has 0 aliphatic rings. The highest BCUT2D eigenvalue weighted by Gasteiger charge is 2.26. The Morgan fingerprint density at radius 2 is 1.80 bits per heavy atom. The van der Waals surface area contributed by atoms with Crippen LogP contribution in [0.25, 0.3) is 11.3 Å². The highest BCUT2D eigenvalue weighted by molar-refractivity contribution is 6.33. The Morgan fingerprint density at radius 1 is 1.20 bits per heavy atom. The maximum atomic E-state index is 6.37. The van der Waals surface area contributed by atoms with Crippen LogP contribution in [0.4, 0.5) is 5.82 Å². The van der Waals surface area contributed by atoms with Gasteiger partial charge < -0.3 is 10.3 Å². The van der Waals surface area contributed by atoms with Gasteiger partial charge >= 0.3 is 0 Å². The fraction of sp³-hybridized carbons (Fsp3) is 0.438. The van der Waals surface area contributed by atoms with Gasteiger partial charge in [0.25, 0.3) is 0 Å². The van der Waals surface area contributed by atoms with Crippen LogP contribution >= 0.6 is 11.6 Å². The number of halogens is 1. The Morgan fingerprint density at radius 3 is 2.25 bits per heavy atom. The van der Waals surface area contributed by atoms with Crippen molar-refractivity contribution in [3.05, 3.63) is 35.1 Å². The number of anilines is 1. The smallest absolute Gasteiger partial charge is 0.132 e. The van der Waals surface area contributed by atoms with Crippen LogP contribution in [-0.2, 0) is 5.54 Å². The number of imidazole rings is 1. The lowest BCUT2D eigenvalue weighted by Gasteiger charge is -2.26. The second-order valence-corrected chi connectivity index (χ2v) is 6.75. The molecule has 0 fully saturated rings. The maximum absolute atomic E-state index is 6.37. The van der Waals surface area contributed by atoms with Crippen molar-refractivity contribution in [1.29, 1.82) is 0 Å². The molecular weight excluding hydrogens is 270 g/mol. The average molecular weight is 292 g/mol. The predicted octanol–water partition coefficient (Wildman–Crippen LogP) is 4.66. The summed E-state index contributed by atoms with van der Waals surface area (Å²) in [4.78, 5) is 4.76. The van der Waals surface area contributed by atoms with Crippen molar-refractivity contribution >= 4 is 17.4 Å². The molecule has 20 heavy (non-hydrogen) atoms. The van der Waals surface area contributed by atoms with Crippen LogP contribution in [0.15, 0.2) is 24.3 Å². The van der Waals surface area contributed by atoms with Gasteiger partial charge in [0, 0.05) is 17.0 Å². The third-order valence-electron chi connectivity index (χ3n) is 3.26. The van der Waals surface area contributed by atoms with Crippen molar-refractivity contribution in [1.82, 2.24) is 9.55 Å². The first kappa shape index (κ1) is 14.9. The predicted molar refractivity (Wildman–Crippen MR) is 86.2 cm³/mol. The second-order valence-electron chi connectivity index (χ2n) is 6.34. The van der Waals surface area contributed by atoms with Crippen LogP contribution in [0.5, 0.6) is 0 Å². The minimum atomic E-state index is -0.115. The molecule has 0 spiro atoms. The molecule has 1 aromatic carbocycles.